The van der Waals surface area contributed by atoms with Crippen LogP contribution in [0.15, 0.2) is 17.0 Å². The van der Waals surface area contributed by atoms with E-state index in [9.17, 15) is 23.3 Å². The average Bonchev–Trinajstić information content (AvgIpc) is 2.27. The third-order valence-electron chi connectivity index (χ3n) is 2.46. The van der Waals surface area contributed by atoms with Crippen molar-refractivity contribution in [3.63, 3.8) is 0 Å². The Bertz CT molecular complexity index is 639. The zero-order valence-corrected chi connectivity index (χ0v) is 11.2. The summed E-state index contributed by atoms with van der Waals surface area (Å²) in [5, 5.41) is 18.3. The Morgan fingerprint density at radius 1 is 1.47 bits per heavy atom. The van der Waals surface area contributed by atoms with Crippen molar-refractivity contribution in [1.29, 1.82) is 0 Å². The van der Waals surface area contributed by atoms with Crippen molar-refractivity contribution < 1.29 is 18.1 Å². The van der Waals surface area contributed by atoms with E-state index in [-0.39, 0.29) is 11.1 Å². The van der Waals surface area contributed by atoms with Gasteiger partial charge in [0, 0.05) is 18.2 Å². The molecule has 0 fully saturated rings. The number of nitrogens with one attached hydrogen (secondary N) is 1. The van der Waals surface area contributed by atoms with Crippen LogP contribution in [0.1, 0.15) is 22.8 Å². The van der Waals surface area contributed by atoms with Gasteiger partial charge >= 0.3 is 0 Å². The van der Waals surface area contributed by atoms with Crippen molar-refractivity contribution in [3.8, 4) is 0 Å². The van der Waals surface area contributed by atoms with E-state index in [2.05, 4.69) is 5.32 Å². The summed E-state index contributed by atoms with van der Waals surface area (Å²) in [6.07, 6.45) is 0. The lowest BCUT2D eigenvalue weighted by Gasteiger charge is -2.08. The van der Waals surface area contributed by atoms with Crippen molar-refractivity contribution in [1.82, 2.24) is 5.32 Å². The second-order valence-electron chi connectivity index (χ2n) is 3.78. The van der Waals surface area contributed by atoms with Gasteiger partial charge in [0.15, 0.2) is 0 Å². The molecule has 104 valence electrons. The predicted octanol–water partition coefficient (Wildman–Crippen LogP) is 0.300. The van der Waals surface area contributed by atoms with Crippen molar-refractivity contribution in [2.45, 2.75) is 18.7 Å². The van der Waals surface area contributed by atoms with E-state index in [0.29, 0.717) is 6.54 Å². The Labute approximate surface area is 109 Å². The number of carbonyl (C=O) groups is 1. The number of rotatable bonds is 4. The number of hydrogen-bond donors (Lipinski definition) is 2. The summed E-state index contributed by atoms with van der Waals surface area (Å²) in [5.74, 6) is -0.589. The zero-order chi connectivity index (χ0) is 14.8. The number of carbonyl (C=O) groups excluding carboxylic acids is 1. The Morgan fingerprint density at radius 2 is 2.05 bits per heavy atom. The Balaban J connectivity index is 3.59. The molecular weight excluding hydrogens is 274 g/mol. The molecule has 0 bridgehead atoms. The largest absolute Gasteiger partial charge is 0.352 e. The minimum atomic E-state index is -4.13. The number of benzene rings is 1. The van der Waals surface area contributed by atoms with Crippen LogP contribution in [0.5, 0.6) is 0 Å². The van der Waals surface area contributed by atoms with Gasteiger partial charge in [-0.25, -0.2) is 13.6 Å². The van der Waals surface area contributed by atoms with Crippen LogP contribution in [-0.2, 0) is 10.0 Å². The minimum absolute atomic E-state index is 0.0833. The molecule has 3 N–H and O–H groups in total. The fourth-order valence-electron chi connectivity index (χ4n) is 1.52. The molecule has 0 aliphatic rings. The smallest absolute Gasteiger partial charge is 0.274 e. The highest BCUT2D eigenvalue weighted by molar-refractivity contribution is 7.89. The second kappa shape index (κ2) is 5.33. The molecule has 1 aromatic rings. The summed E-state index contributed by atoms with van der Waals surface area (Å²) in [6, 6.07) is 1.87. The van der Waals surface area contributed by atoms with Gasteiger partial charge < -0.3 is 5.32 Å². The third-order valence-corrected chi connectivity index (χ3v) is 3.35. The standard InChI is InChI=1S/C10H13N3O5S/c1-3-12-10(14)8-4-7(19(11,17)18)5-9(6(8)2)13(15)16/h4-5H,3H2,1-2H3,(H,12,14)(H2,11,17,18). The molecule has 1 amide bonds. The summed E-state index contributed by atoms with van der Waals surface area (Å²) in [7, 11) is -4.13. The van der Waals surface area contributed by atoms with E-state index in [1.807, 2.05) is 0 Å². The molecule has 8 nitrogen and oxygen atoms in total. The first kappa shape index (κ1) is 15.1. The zero-order valence-electron chi connectivity index (χ0n) is 10.3. The molecule has 0 spiro atoms. The third kappa shape index (κ3) is 3.26. The molecular formula is C10H13N3O5S. The molecule has 0 saturated heterocycles. The molecule has 1 aromatic carbocycles. The first-order chi connectivity index (χ1) is 8.68. The normalized spacial score (nSPS) is 11.1. The number of hydrogen-bond acceptors (Lipinski definition) is 5. The van der Waals surface area contributed by atoms with Gasteiger partial charge in [-0.2, -0.15) is 0 Å². The molecule has 0 unspecified atom stereocenters. The van der Waals surface area contributed by atoms with E-state index >= 15 is 0 Å². The second-order valence-corrected chi connectivity index (χ2v) is 5.34. The van der Waals surface area contributed by atoms with Gasteiger partial charge in [0.05, 0.1) is 15.4 Å². The van der Waals surface area contributed by atoms with Crippen molar-refractivity contribution >= 4 is 21.6 Å². The van der Waals surface area contributed by atoms with Gasteiger partial charge in [0.1, 0.15) is 0 Å². The predicted molar refractivity (Wildman–Crippen MR) is 67.2 cm³/mol. The number of nitro benzene ring substituents is 1. The maximum absolute atomic E-state index is 11.8. The molecule has 9 heteroatoms. The molecule has 0 atom stereocenters. The van der Waals surface area contributed by atoms with Crippen LogP contribution < -0.4 is 10.5 Å². The van der Waals surface area contributed by atoms with Crippen LogP contribution in [-0.4, -0.2) is 25.8 Å². The molecule has 0 aromatic heterocycles. The molecule has 19 heavy (non-hydrogen) atoms. The number of nitrogens with two attached hydrogens (primary N) is 1. The molecule has 1 rings (SSSR count). The van der Waals surface area contributed by atoms with Gasteiger partial charge in [-0.1, -0.05) is 0 Å². The summed E-state index contributed by atoms with van der Waals surface area (Å²) in [5.41, 5.74) is -0.462. The molecule has 0 saturated carbocycles. The summed E-state index contributed by atoms with van der Waals surface area (Å²) < 4.78 is 22.6. The van der Waals surface area contributed by atoms with Gasteiger partial charge in [-0.15, -0.1) is 0 Å². The van der Waals surface area contributed by atoms with Crippen LogP contribution in [0, 0.1) is 17.0 Å². The lowest BCUT2D eigenvalue weighted by atomic mass is 10.1. The maximum atomic E-state index is 11.8. The number of sulfonamides is 1. The number of primary sulfonamides is 1. The summed E-state index contributed by atoms with van der Waals surface area (Å²) in [4.78, 5) is 21.4. The van der Waals surface area contributed by atoms with Crippen LogP contribution in [0.25, 0.3) is 0 Å². The monoisotopic (exact) mass is 287 g/mol. The van der Waals surface area contributed by atoms with Crippen molar-refractivity contribution in [2.75, 3.05) is 6.54 Å². The van der Waals surface area contributed by atoms with Crippen LogP contribution in [0.4, 0.5) is 5.69 Å². The van der Waals surface area contributed by atoms with Gasteiger partial charge in [0.2, 0.25) is 10.0 Å². The fraction of sp³-hybridized carbons (Fsp3) is 0.300. The highest BCUT2D eigenvalue weighted by Crippen LogP contribution is 2.25. The first-order valence-corrected chi connectivity index (χ1v) is 6.83. The Hall–Kier alpha value is -2.00. The number of nitro groups is 1. The van der Waals surface area contributed by atoms with Gasteiger partial charge in [-0.05, 0) is 19.9 Å². The van der Waals surface area contributed by atoms with Crippen LogP contribution >= 0.6 is 0 Å². The number of nitrogens with zero attached hydrogens (tertiary/aromatic N) is 1. The fourth-order valence-corrected chi connectivity index (χ4v) is 2.08. The van der Waals surface area contributed by atoms with E-state index in [4.69, 9.17) is 5.14 Å². The SMILES string of the molecule is CCNC(=O)c1cc(S(N)(=O)=O)cc([N+](=O)[O-])c1C. The minimum Gasteiger partial charge on any atom is -0.352 e. The Kier molecular flexibility index (Phi) is 4.22. The topological polar surface area (TPSA) is 132 Å². The molecule has 0 radical (unpaired) electrons. The van der Waals surface area contributed by atoms with E-state index < -0.39 is 31.4 Å². The van der Waals surface area contributed by atoms with E-state index in [1.54, 1.807) is 6.92 Å². The molecule has 0 heterocycles. The average molecular weight is 287 g/mol. The molecule has 0 aliphatic carbocycles. The summed E-state index contributed by atoms with van der Waals surface area (Å²) in [6.45, 7) is 3.35. The van der Waals surface area contributed by atoms with Crippen LogP contribution in [0.2, 0.25) is 0 Å². The van der Waals surface area contributed by atoms with Gasteiger partial charge in [-0.3, -0.25) is 14.9 Å². The lowest BCUT2D eigenvalue weighted by Crippen LogP contribution is -2.24. The highest BCUT2D eigenvalue weighted by atomic mass is 32.2. The quantitative estimate of drug-likeness (QED) is 0.607. The van der Waals surface area contributed by atoms with Crippen molar-refractivity contribution in [3.05, 3.63) is 33.4 Å². The first-order valence-electron chi connectivity index (χ1n) is 5.28. The van der Waals surface area contributed by atoms with Gasteiger partial charge in [0.25, 0.3) is 11.6 Å². The highest BCUT2D eigenvalue weighted by Gasteiger charge is 2.23. The van der Waals surface area contributed by atoms with E-state index in [1.165, 1.54) is 6.92 Å². The lowest BCUT2D eigenvalue weighted by molar-refractivity contribution is -0.385. The van der Waals surface area contributed by atoms with Crippen molar-refractivity contribution in [2.24, 2.45) is 5.14 Å². The van der Waals surface area contributed by atoms with E-state index in [0.717, 1.165) is 12.1 Å². The Morgan fingerprint density at radius 3 is 2.47 bits per heavy atom. The summed E-state index contributed by atoms with van der Waals surface area (Å²) >= 11 is 0. The number of amides is 1. The maximum Gasteiger partial charge on any atom is 0.274 e. The molecule has 0 aliphatic heterocycles. The van der Waals surface area contributed by atoms with Crippen LogP contribution in [0.3, 0.4) is 0 Å².